The van der Waals surface area contributed by atoms with Gasteiger partial charge in [0.2, 0.25) is 0 Å². The topological polar surface area (TPSA) is 26.0 Å². The molecule has 0 aromatic heterocycles. The van der Waals surface area contributed by atoms with Crippen LogP contribution in [0.4, 0.5) is 0 Å². The molecule has 0 bridgehead atoms. The zero-order chi connectivity index (χ0) is 4.99. The van der Waals surface area contributed by atoms with E-state index < -0.39 is 0 Å². The van der Waals surface area contributed by atoms with E-state index in [1.807, 2.05) is 13.8 Å². The van der Waals surface area contributed by atoms with E-state index >= 15 is 0 Å². The SMILES string of the molecule is C[CH]CC(C)N. The van der Waals surface area contributed by atoms with Crippen molar-refractivity contribution in [2.75, 3.05) is 0 Å². The van der Waals surface area contributed by atoms with Gasteiger partial charge in [-0.1, -0.05) is 6.92 Å². The van der Waals surface area contributed by atoms with Crippen LogP contribution in [-0.4, -0.2) is 6.04 Å². The summed E-state index contributed by atoms with van der Waals surface area (Å²) >= 11 is 0. The van der Waals surface area contributed by atoms with Crippen LogP contribution in [0, 0.1) is 6.42 Å². The Balaban J connectivity index is 2.63. The van der Waals surface area contributed by atoms with Gasteiger partial charge in [0.1, 0.15) is 0 Å². The molecule has 1 unspecified atom stereocenters. The summed E-state index contributed by atoms with van der Waals surface area (Å²) in [6.07, 6.45) is 3.10. The van der Waals surface area contributed by atoms with Crippen LogP contribution in [0.15, 0.2) is 0 Å². The average molecular weight is 86.2 g/mol. The molecule has 0 spiro atoms. The second-order valence-electron chi connectivity index (χ2n) is 1.62. The molecule has 0 aromatic carbocycles. The van der Waals surface area contributed by atoms with Crippen molar-refractivity contribution >= 4 is 0 Å². The van der Waals surface area contributed by atoms with Crippen molar-refractivity contribution in [3.05, 3.63) is 6.42 Å². The summed E-state index contributed by atoms with van der Waals surface area (Å²) in [5, 5.41) is 0. The fraction of sp³-hybridized carbons (Fsp3) is 0.800. The first-order valence-electron chi connectivity index (χ1n) is 2.30. The van der Waals surface area contributed by atoms with Crippen molar-refractivity contribution in [1.29, 1.82) is 0 Å². The van der Waals surface area contributed by atoms with Crippen LogP contribution >= 0.6 is 0 Å². The Morgan fingerprint density at radius 2 is 2.33 bits per heavy atom. The van der Waals surface area contributed by atoms with E-state index in [1.165, 1.54) is 0 Å². The molecule has 0 fully saturated rings. The Labute approximate surface area is 39.5 Å². The van der Waals surface area contributed by atoms with Crippen molar-refractivity contribution in [3.63, 3.8) is 0 Å². The largest absolute Gasteiger partial charge is 0.328 e. The summed E-state index contributed by atoms with van der Waals surface area (Å²) in [5.41, 5.74) is 5.37. The Morgan fingerprint density at radius 1 is 1.83 bits per heavy atom. The van der Waals surface area contributed by atoms with Crippen molar-refractivity contribution in [2.24, 2.45) is 5.73 Å². The fourth-order valence-corrected chi connectivity index (χ4v) is 0.372. The molecule has 0 rings (SSSR count). The van der Waals surface area contributed by atoms with E-state index in [1.54, 1.807) is 0 Å². The Kier molecular flexibility index (Phi) is 3.14. The first kappa shape index (κ1) is 5.96. The molecule has 37 valence electrons. The van der Waals surface area contributed by atoms with E-state index in [4.69, 9.17) is 5.73 Å². The van der Waals surface area contributed by atoms with E-state index in [0.29, 0.717) is 6.04 Å². The Bertz CT molecular complexity index is 25.1. The number of hydrogen-bond donors (Lipinski definition) is 1. The van der Waals surface area contributed by atoms with E-state index in [2.05, 4.69) is 6.42 Å². The summed E-state index contributed by atoms with van der Waals surface area (Å²) < 4.78 is 0. The number of hydrogen-bond acceptors (Lipinski definition) is 1. The lowest BCUT2D eigenvalue weighted by Gasteiger charge is -1.96. The summed E-state index contributed by atoms with van der Waals surface area (Å²) in [5.74, 6) is 0. The molecule has 0 heterocycles. The Hall–Kier alpha value is -0.0400. The second kappa shape index (κ2) is 3.16. The van der Waals surface area contributed by atoms with Gasteiger partial charge >= 0.3 is 0 Å². The lowest BCUT2D eigenvalue weighted by molar-refractivity contribution is 0.727. The molecule has 6 heavy (non-hydrogen) atoms. The quantitative estimate of drug-likeness (QED) is 0.532. The lowest BCUT2D eigenvalue weighted by Crippen LogP contribution is -2.13. The summed E-state index contributed by atoms with van der Waals surface area (Å²) in [6.45, 7) is 4.02. The van der Waals surface area contributed by atoms with Gasteiger partial charge < -0.3 is 5.73 Å². The molecule has 0 aliphatic carbocycles. The molecule has 1 atom stereocenters. The molecule has 1 heteroatoms. The van der Waals surface area contributed by atoms with Crippen LogP contribution in [0.5, 0.6) is 0 Å². The minimum atomic E-state index is 0.343. The lowest BCUT2D eigenvalue weighted by atomic mass is 10.2. The predicted molar refractivity (Wildman–Crippen MR) is 28.2 cm³/mol. The maximum atomic E-state index is 5.37. The first-order chi connectivity index (χ1) is 2.77. The standard InChI is InChI=1S/C5H12N/c1-3-4-5(2)6/h3,5H,4,6H2,1-2H3. The van der Waals surface area contributed by atoms with Crippen LogP contribution in [0.2, 0.25) is 0 Å². The van der Waals surface area contributed by atoms with E-state index in [9.17, 15) is 0 Å². The number of nitrogens with two attached hydrogens (primary N) is 1. The highest BCUT2D eigenvalue weighted by Gasteiger charge is 1.85. The molecular weight excluding hydrogens is 74.1 g/mol. The van der Waals surface area contributed by atoms with E-state index in [0.717, 1.165) is 6.42 Å². The zero-order valence-electron chi connectivity index (χ0n) is 4.44. The van der Waals surface area contributed by atoms with Gasteiger partial charge in [0.25, 0.3) is 0 Å². The van der Waals surface area contributed by atoms with Gasteiger partial charge in [-0.25, -0.2) is 0 Å². The third-order valence-corrected chi connectivity index (χ3v) is 0.607. The van der Waals surface area contributed by atoms with Gasteiger partial charge in [0.05, 0.1) is 0 Å². The summed E-state index contributed by atoms with van der Waals surface area (Å²) in [6, 6.07) is 0.343. The van der Waals surface area contributed by atoms with Gasteiger partial charge in [-0.15, -0.1) is 0 Å². The molecule has 0 amide bonds. The van der Waals surface area contributed by atoms with Crippen molar-refractivity contribution in [1.82, 2.24) is 0 Å². The normalized spacial score (nSPS) is 14.5. The van der Waals surface area contributed by atoms with Crippen LogP contribution in [0.25, 0.3) is 0 Å². The van der Waals surface area contributed by atoms with Gasteiger partial charge in [-0.2, -0.15) is 0 Å². The van der Waals surface area contributed by atoms with Gasteiger partial charge in [0, 0.05) is 6.04 Å². The van der Waals surface area contributed by atoms with Crippen LogP contribution < -0.4 is 5.73 Å². The van der Waals surface area contributed by atoms with Crippen molar-refractivity contribution in [3.8, 4) is 0 Å². The van der Waals surface area contributed by atoms with E-state index in [-0.39, 0.29) is 0 Å². The van der Waals surface area contributed by atoms with Crippen molar-refractivity contribution in [2.45, 2.75) is 26.3 Å². The number of rotatable bonds is 2. The molecule has 2 N–H and O–H groups in total. The Morgan fingerprint density at radius 3 is 2.33 bits per heavy atom. The minimum Gasteiger partial charge on any atom is -0.328 e. The highest BCUT2D eigenvalue weighted by Crippen LogP contribution is 1.86. The highest BCUT2D eigenvalue weighted by molar-refractivity contribution is 4.62. The molecule has 0 saturated heterocycles. The molecular formula is C5H12N. The molecule has 0 aromatic rings. The smallest absolute Gasteiger partial charge is 0.00131 e. The zero-order valence-corrected chi connectivity index (χ0v) is 4.44. The third-order valence-electron chi connectivity index (χ3n) is 0.607. The third kappa shape index (κ3) is 3.96. The molecule has 0 saturated carbocycles. The maximum Gasteiger partial charge on any atom is 0.00131 e. The highest BCUT2D eigenvalue weighted by atomic mass is 14.6. The molecule has 0 aliphatic heterocycles. The maximum absolute atomic E-state index is 5.37. The molecule has 1 nitrogen and oxygen atoms in total. The second-order valence-corrected chi connectivity index (χ2v) is 1.62. The molecule has 0 aliphatic rings. The average Bonchev–Trinajstić information content (AvgIpc) is 1.35. The molecule has 1 radical (unpaired) electrons. The van der Waals surface area contributed by atoms with Gasteiger partial charge in [0.15, 0.2) is 0 Å². The van der Waals surface area contributed by atoms with Crippen LogP contribution in [-0.2, 0) is 0 Å². The summed E-state index contributed by atoms with van der Waals surface area (Å²) in [4.78, 5) is 0. The first-order valence-corrected chi connectivity index (χ1v) is 2.30. The fourth-order valence-electron chi connectivity index (χ4n) is 0.372. The summed E-state index contributed by atoms with van der Waals surface area (Å²) in [7, 11) is 0. The minimum absolute atomic E-state index is 0.343. The predicted octanol–water partition coefficient (Wildman–Crippen LogP) is 0.948. The van der Waals surface area contributed by atoms with Gasteiger partial charge in [-0.3, -0.25) is 0 Å². The van der Waals surface area contributed by atoms with Crippen LogP contribution in [0.3, 0.4) is 0 Å². The monoisotopic (exact) mass is 86.1 g/mol. The van der Waals surface area contributed by atoms with Gasteiger partial charge in [-0.05, 0) is 19.8 Å². The van der Waals surface area contributed by atoms with Crippen molar-refractivity contribution < 1.29 is 0 Å². The van der Waals surface area contributed by atoms with Crippen LogP contribution in [0.1, 0.15) is 20.3 Å².